The summed E-state index contributed by atoms with van der Waals surface area (Å²) in [5, 5.41) is 8.55. The molecule has 2 nitrogen and oxygen atoms in total. The number of allylic oxidation sites excluding steroid dienone is 4. The molecule has 146 valence electrons. The average Bonchev–Trinajstić information content (AvgIpc) is 2.60. The molecule has 0 unspecified atom stereocenters. The van der Waals surface area contributed by atoms with E-state index in [2.05, 4.69) is 31.2 Å². The number of carbonyl (C=O) groups is 1. The van der Waals surface area contributed by atoms with Crippen molar-refractivity contribution in [1.82, 2.24) is 0 Å². The molecule has 0 aromatic heterocycles. The van der Waals surface area contributed by atoms with Crippen LogP contribution >= 0.6 is 0 Å². The first-order valence-electron chi connectivity index (χ1n) is 10.8. The van der Waals surface area contributed by atoms with Gasteiger partial charge in [0.15, 0.2) is 0 Å². The van der Waals surface area contributed by atoms with Gasteiger partial charge < -0.3 is 5.11 Å². The smallest absolute Gasteiger partial charge is 0.303 e. The van der Waals surface area contributed by atoms with Gasteiger partial charge in [-0.25, -0.2) is 0 Å². The fraction of sp³-hybridized carbons (Fsp3) is 0.783. The summed E-state index contributed by atoms with van der Waals surface area (Å²) in [5.74, 6) is -0.665. The summed E-state index contributed by atoms with van der Waals surface area (Å²) >= 11 is 0. The zero-order chi connectivity index (χ0) is 18.4. The highest BCUT2D eigenvalue weighted by Crippen LogP contribution is 2.10. The summed E-state index contributed by atoms with van der Waals surface area (Å²) in [6, 6.07) is 0. The first-order valence-corrected chi connectivity index (χ1v) is 10.8. The lowest BCUT2D eigenvalue weighted by molar-refractivity contribution is -0.137. The van der Waals surface area contributed by atoms with Crippen LogP contribution in [0.4, 0.5) is 0 Å². The molecule has 0 atom stereocenters. The molecule has 0 saturated heterocycles. The summed E-state index contributed by atoms with van der Waals surface area (Å²) in [7, 11) is 0. The third-order valence-corrected chi connectivity index (χ3v) is 4.56. The van der Waals surface area contributed by atoms with E-state index in [1.54, 1.807) is 0 Å². The molecule has 0 aromatic rings. The van der Waals surface area contributed by atoms with Crippen molar-refractivity contribution >= 4 is 5.97 Å². The predicted octanol–water partition coefficient (Wildman–Crippen LogP) is 7.84. The van der Waals surface area contributed by atoms with Crippen LogP contribution in [0.15, 0.2) is 24.3 Å². The largest absolute Gasteiger partial charge is 0.481 e. The number of rotatable bonds is 19. The Hall–Kier alpha value is -1.05. The van der Waals surface area contributed by atoms with Crippen LogP contribution in [0.2, 0.25) is 0 Å². The second-order valence-corrected chi connectivity index (χ2v) is 7.13. The van der Waals surface area contributed by atoms with Gasteiger partial charge >= 0.3 is 5.97 Å². The molecule has 0 bridgehead atoms. The Bertz CT molecular complexity index is 331. The molecule has 0 amide bonds. The number of carboxylic acid groups (broad SMARTS) is 1. The number of aliphatic carboxylic acids is 1. The minimum atomic E-state index is -0.665. The van der Waals surface area contributed by atoms with Crippen LogP contribution in [0.1, 0.15) is 116 Å². The standard InChI is InChI=1S/C23H42O2/c1-2-3-4-5-6-7-8-9-10-11-12-13-14-15-16-17-18-19-20-21-22-23(24)25/h5-6,14-15H,2-4,7-13,16-22H2,1H3,(H,24,25). The Morgan fingerprint density at radius 1 is 0.600 bits per heavy atom. The van der Waals surface area contributed by atoms with E-state index in [1.165, 1.54) is 89.9 Å². The van der Waals surface area contributed by atoms with Crippen molar-refractivity contribution in [2.75, 3.05) is 0 Å². The molecule has 2 heteroatoms. The summed E-state index contributed by atoms with van der Waals surface area (Å²) in [6.07, 6.45) is 29.7. The molecule has 0 aromatic carbocycles. The molecule has 0 radical (unpaired) electrons. The molecule has 0 aliphatic carbocycles. The summed E-state index contributed by atoms with van der Waals surface area (Å²) in [5.41, 5.74) is 0. The lowest BCUT2D eigenvalue weighted by Gasteiger charge is -1.99. The summed E-state index contributed by atoms with van der Waals surface area (Å²) in [6.45, 7) is 2.25. The highest BCUT2D eigenvalue weighted by molar-refractivity contribution is 5.66. The van der Waals surface area contributed by atoms with E-state index >= 15 is 0 Å². The zero-order valence-electron chi connectivity index (χ0n) is 16.7. The monoisotopic (exact) mass is 350 g/mol. The van der Waals surface area contributed by atoms with Crippen molar-refractivity contribution in [3.05, 3.63) is 24.3 Å². The van der Waals surface area contributed by atoms with Crippen LogP contribution in [0.5, 0.6) is 0 Å². The van der Waals surface area contributed by atoms with Crippen LogP contribution in [0.3, 0.4) is 0 Å². The van der Waals surface area contributed by atoms with Crippen molar-refractivity contribution in [3.63, 3.8) is 0 Å². The molecule has 0 rings (SSSR count). The number of hydrogen-bond donors (Lipinski definition) is 1. The number of hydrogen-bond acceptors (Lipinski definition) is 1. The van der Waals surface area contributed by atoms with Gasteiger partial charge in [-0.3, -0.25) is 4.79 Å². The topological polar surface area (TPSA) is 37.3 Å². The summed E-state index contributed by atoms with van der Waals surface area (Å²) in [4.78, 5) is 10.4. The van der Waals surface area contributed by atoms with Crippen molar-refractivity contribution < 1.29 is 9.90 Å². The first-order chi connectivity index (χ1) is 12.3. The Morgan fingerprint density at radius 2 is 0.960 bits per heavy atom. The molecule has 25 heavy (non-hydrogen) atoms. The molecular formula is C23H42O2. The van der Waals surface area contributed by atoms with E-state index in [0.29, 0.717) is 6.42 Å². The lowest BCUT2D eigenvalue weighted by Crippen LogP contribution is -1.93. The van der Waals surface area contributed by atoms with Crippen molar-refractivity contribution in [1.29, 1.82) is 0 Å². The van der Waals surface area contributed by atoms with Gasteiger partial charge in [-0.2, -0.15) is 0 Å². The fourth-order valence-electron chi connectivity index (χ4n) is 2.92. The second kappa shape index (κ2) is 21.0. The maximum atomic E-state index is 10.4. The van der Waals surface area contributed by atoms with Crippen LogP contribution < -0.4 is 0 Å². The molecule has 0 heterocycles. The van der Waals surface area contributed by atoms with E-state index in [-0.39, 0.29) is 0 Å². The molecular weight excluding hydrogens is 308 g/mol. The van der Waals surface area contributed by atoms with Gasteiger partial charge in [-0.05, 0) is 51.4 Å². The minimum Gasteiger partial charge on any atom is -0.481 e. The Kier molecular flexibility index (Phi) is 20.1. The van der Waals surface area contributed by atoms with Gasteiger partial charge in [0.05, 0.1) is 0 Å². The maximum absolute atomic E-state index is 10.4. The molecule has 0 saturated carbocycles. The SMILES string of the molecule is CCCCC=CCCCCCCCC=CCCCCCCCC(=O)O. The zero-order valence-corrected chi connectivity index (χ0v) is 16.7. The third kappa shape index (κ3) is 22.9. The number of carboxylic acids is 1. The van der Waals surface area contributed by atoms with Crippen LogP contribution in [0.25, 0.3) is 0 Å². The Labute approximate surface area is 156 Å². The van der Waals surface area contributed by atoms with Crippen LogP contribution in [-0.4, -0.2) is 11.1 Å². The molecule has 1 N–H and O–H groups in total. The van der Waals surface area contributed by atoms with Crippen LogP contribution in [-0.2, 0) is 4.79 Å². The first kappa shape index (κ1) is 23.9. The van der Waals surface area contributed by atoms with E-state index in [0.717, 1.165) is 12.8 Å². The van der Waals surface area contributed by atoms with E-state index in [1.807, 2.05) is 0 Å². The Balaban J connectivity index is 3.13. The molecule has 0 aliphatic heterocycles. The van der Waals surface area contributed by atoms with Gasteiger partial charge in [0.25, 0.3) is 0 Å². The van der Waals surface area contributed by atoms with E-state index in [4.69, 9.17) is 5.11 Å². The number of unbranched alkanes of at least 4 members (excludes halogenated alkanes) is 13. The highest BCUT2D eigenvalue weighted by atomic mass is 16.4. The van der Waals surface area contributed by atoms with Gasteiger partial charge in [0.1, 0.15) is 0 Å². The summed E-state index contributed by atoms with van der Waals surface area (Å²) < 4.78 is 0. The van der Waals surface area contributed by atoms with E-state index < -0.39 is 5.97 Å². The van der Waals surface area contributed by atoms with Gasteiger partial charge in [-0.1, -0.05) is 82.6 Å². The second-order valence-electron chi connectivity index (χ2n) is 7.13. The van der Waals surface area contributed by atoms with E-state index in [9.17, 15) is 4.79 Å². The van der Waals surface area contributed by atoms with Gasteiger partial charge in [-0.15, -0.1) is 0 Å². The normalized spacial score (nSPS) is 11.7. The maximum Gasteiger partial charge on any atom is 0.303 e. The van der Waals surface area contributed by atoms with Gasteiger partial charge in [0, 0.05) is 6.42 Å². The average molecular weight is 351 g/mol. The quantitative estimate of drug-likeness (QED) is 0.190. The Morgan fingerprint density at radius 3 is 1.36 bits per heavy atom. The van der Waals surface area contributed by atoms with Crippen molar-refractivity contribution in [2.24, 2.45) is 0 Å². The van der Waals surface area contributed by atoms with Gasteiger partial charge in [0.2, 0.25) is 0 Å². The minimum absolute atomic E-state index is 0.329. The van der Waals surface area contributed by atoms with Crippen LogP contribution in [0, 0.1) is 0 Å². The highest BCUT2D eigenvalue weighted by Gasteiger charge is 1.95. The van der Waals surface area contributed by atoms with Crippen molar-refractivity contribution in [3.8, 4) is 0 Å². The lowest BCUT2D eigenvalue weighted by atomic mass is 10.1. The van der Waals surface area contributed by atoms with Crippen molar-refractivity contribution in [2.45, 2.75) is 116 Å². The molecule has 0 fully saturated rings. The molecule has 0 aliphatic rings. The fourth-order valence-corrected chi connectivity index (χ4v) is 2.92. The predicted molar refractivity (Wildman–Crippen MR) is 110 cm³/mol. The molecule has 0 spiro atoms. The third-order valence-electron chi connectivity index (χ3n) is 4.56.